The highest BCUT2D eigenvalue weighted by atomic mass is 16.6. The molecular weight excluding hydrogens is 318 g/mol. The number of hydrogen-bond acceptors (Lipinski definition) is 4. The first-order valence-electron chi connectivity index (χ1n) is 8.91. The van der Waals surface area contributed by atoms with E-state index < -0.39 is 0 Å². The zero-order valence-electron chi connectivity index (χ0n) is 15.1. The third-order valence-corrected chi connectivity index (χ3v) is 5.61. The van der Waals surface area contributed by atoms with Gasteiger partial charge in [0.1, 0.15) is 6.61 Å². The molecule has 1 aromatic carbocycles. The largest absolute Gasteiger partial charge is 0.445 e. The van der Waals surface area contributed by atoms with E-state index in [4.69, 9.17) is 4.74 Å². The minimum absolute atomic E-state index is 0.134. The van der Waals surface area contributed by atoms with Crippen molar-refractivity contribution in [2.75, 3.05) is 40.3 Å². The number of likely N-dealkylation sites (tertiary alicyclic amines) is 1. The van der Waals surface area contributed by atoms with Crippen LogP contribution in [-0.2, 0) is 16.1 Å². The molecule has 0 aliphatic carbocycles. The molecule has 1 aromatic rings. The summed E-state index contributed by atoms with van der Waals surface area (Å²) in [5, 5.41) is 0. The van der Waals surface area contributed by atoms with Crippen molar-refractivity contribution in [2.24, 2.45) is 0 Å². The Balaban J connectivity index is 1.63. The smallest absolute Gasteiger partial charge is 0.410 e. The van der Waals surface area contributed by atoms with Gasteiger partial charge in [0.05, 0.1) is 0 Å². The summed E-state index contributed by atoms with van der Waals surface area (Å²) in [4.78, 5) is 30.5. The molecule has 2 aliphatic heterocycles. The summed E-state index contributed by atoms with van der Waals surface area (Å²) in [5.74, 6) is 0.189. The van der Waals surface area contributed by atoms with Crippen molar-refractivity contribution in [1.82, 2.24) is 14.7 Å². The topological polar surface area (TPSA) is 53.1 Å². The van der Waals surface area contributed by atoms with Gasteiger partial charge in [0.25, 0.3) is 0 Å². The number of hydrogen-bond donors (Lipinski definition) is 0. The van der Waals surface area contributed by atoms with Crippen molar-refractivity contribution in [2.45, 2.75) is 31.4 Å². The van der Waals surface area contributed by atoms with Crippen LogP contribution in [-0.4, -0.2) is 72.5 Å². The van der Waals surface area contributed by atoms with E-state index in [0.29, 0.717) is 26.1 Å². The molecule has 2 amide bonds. The van der Waals surface area contributed by atoms with E-state index >= 15 is 0 Å². The fraction of sp³-hybridized carbons (Fsp3) is 0.579. The van der Waals surface area contributed by atoms with Crippen LogP contribution in [0.25, 0.3) is 0 Å². The van der Waals surface area contributed by atoms with Gasteiger partial charge in [0, 0.05) is 45.2 Å². The summed E-state index contributed by atoms with van der Waals surface area (Å²) >= 11 is 0. The second-order valence-electron chi connectivity index (χ2n) is 7.17. The monoisotopic (exact) mass is 345 g/mol. The number of likely N-dealkylation sites (N-methyl/N-ethyl adjacent to an activating group) is 1. The minimum Gasteiger partial charge on any atom is -0.445 e. The van der Waals surface area contributed by atoms with Crippen LogP contribution in [0.5, 0.6) is 0 Å². The molecule has 1 unspecified atom stereocenters. The first kappa shape index (κ1) is 17.7. The molecule has 0 saturated carbocycles. The van der Waals surface area contributed by atoms with Crippen molar-refractivity contribution in [3.05, 3.63) is 35.9 Å². The summed E-state index contributed by atoms with van der Waals surface area (Å²) in [7, 11) is 3.96. The molecule has 0 bridgehead atoms. The molecule has 0 aromatic heterocycles. The molecule has 0 radical (unpaired) electrons. The first-order valence-corrected chi connectivity index (χ1v) is 8.91. The fourth-order valence-electron chi connectivity index (χ4n) is 3.73. The number of benzene rings is 1. The average Bonchev–Trinajstić information content (AvgIpc) is 2.77. The molecule has 2 saturated heterocycles. The fourth-order valence-corrected chi connectivity index (χ4v) is 3.73. The van der Waals surface area contributed by atoms with Gasteiger partial charge in [0.2, 0.25) is 5.91 Å². The summed E-state index contributed by atoms with van der Waals surface area (Å²) in [6, 6.07) is 9.72. The maximum Gasteiger partial charge on any atom is 0.410 e. The van der Waals surface area contributed by atoms with Crippen molar-refractivity contribution in [1.29, 1.82) is 0 Å². The zero-order valence-corrected chi connectivity index (χ0v) is 15.1. The zero-order chi connectivity index (χ0) is 17.9. The third kappa shape index (κ3) is 3.95. The van der Waals surface area contributed by atoms with Crippen LogP contribution < -0.4 is 0 Å². The van der Waals surface area contributed by atoms with Crippen LogP contribution in [0, 0.1) is 0 Å². The van der Waals surface area contributed by atoms with E-state index in [1.165, 1.54) is 0 Å². The van der Waals surface area contributed by atoms with Crippen molar-refractivity contribution >= 4 is 12.0 Å². The number of rotatable bonds is 2. The van der Waals surface area contributed by atoms with Crippen molar-refractivity contribution < 1.29 is 14.3 Å². The Hall–Kier alpha value is -2.08. The lowest BCUT2D eigenvalue weighted by Gasteiger charge is -2.48. The molecule has 6 heteroatoms. The normalized spacial score (nSPS) is 25.1. The van der Waals surface area contributed by atoms with Gasteiger partial charge in [-0.15, -0.1) is 0 Å². The quantitative estimate of drug-likeness (QED) is 0.822. The van der Waals surface area contributed by atoms with Crippen LogP contribution >= 0.6 is 0 Å². The number of carbonyl (C=O) groups excluding carboxylic acids is 2. The molecule has 2 fully saturated rings. The predicted molar refractivity (Wildman–Crippen MR) is 95.0 cm³/mol. The van der Waals surface area contributed by atoms with E-state index in [0.717, 1.165) is 31.5 Å². The number of carbonyl (C=O) groups is 2. The molecule has 0 N–H and O–H groups in total. The minimum atomic E-state index is -0.264. The van der Waals surface area contributed by atoms with Gasteiger partial charge in [-0.1, -0.05) is 30.3 Å². The molecule has 1 spiro atoms. The number of ether oxygens (including phenoxy) is 1. The summed E-state index contributed by atoms with van der Waals surface area (Å²) in [6.45, 7) is 3.11. The van der Waals surface area contributed by atoms with E-state index in [-0.39, 0.29) is 17.5 Å². The molecule has 25 heavy (non-hydrogen) atoms. The predicted octanol–water partition coefficient (Wildman–Crippen LogP) is 1.95. The molecule has 2 heterocycles. The number of piperazine rings is 1. The molecule has 3 rings (SSSR count). The highest BCUT2D eigenvalue weighted by Crippen LogP contribution is 2.32. The van der Waals surface area contributed by atoms with Crippen molar-refractivity contribution in [3.8, 4) is 0 Å². The lowest BCUT2D eigenvalue weighted by atomic mass is 9.86. The van der Waals surface area contributed by atoms with Gasteiger partial charge in [-0.25, -0.2) is 4.79 Å². The molecule has 136 valence electrons. The second kappa shape index (κ2) is 7.44. The van der Waals surface area contributed by atoms with Crippen LogP contribution in [0.15, 0.2) is 30.3 Å². The van der Waals surface area contributed by atoms with E-state index in [2.05, 4.69) is 11.9 Å². The SMILES string of the molecule is CN1CCC2(CCC1=O)CN(C(=O)OCc1ccccc1)CCN2C. The molecule has 2 aliphatic rings. The summed E-state index contributed by atoms with van der Waals surface area (Å²) < 4.78 is 5.50. The summed E-state index contributed by atoms with van der Waals surface area (Å²) in [6.07, 6.45) is 1.94. The van der Waals surface area contributed by atoms with Gasteiger partial charge < -0.3 is 14.5 Å². The lowest BCUT2D eigenvalue weighted by molar-refractivity contribution is -0.129. The molecular formula is C19H27N3O3. The van der Waals surface area contributed by atoms with Crippen LogP contribution in [0.4, 0.5) is 4.79 Å². The molecule has 1 atom stereocenters. The third-order valence-electron chi connectivity index (χ3n) is 5.61. The maximum atomic E-state index is 12.5. The van der Waals surface area contributed by atoms with E-state index in [9.17, 15) is 9.59 Å². The van der Waals surface area contributed by atoms with Gasteiger partial charge in [0.15, 0.2) is 0 Å². The standard InChI is InChI=1S/C19H27N3O3/c1-20-11-10-19(9-8-17(20)23)15-22(13-12-21(19)2)18(24)25-14-16-6-4-3-5-7-16/h3-7H,8-15H2,1-2H3. The average molecular weight is 345 g/mol. The van der Waals surface area contributed by atoms with Crippen LogP contribution in [0.3, 0.4) is 0 Å². The van der Waals surface area contributed by atoms with Crippen molar-refractivity contribution in [3.63, 3.8) is 0 Å². The second-order valence-corrected chi connectivity index (χ2v) is 7.17. The summed E-state index contributed by atoms with van der Waals surface area (Å²) in [5.41, 5.74) is 0.853. The van der Waals surface area contributed by atoms with Crippen LogP contribution in [0.2, 0.25) is 0 Å². The van der Waals surface area contributed by atoms with E-state index in [1.807, 2.05) is 37.4 Å². The van der Waals surface area contributed by atoms with Gasteiger partial charge in [-0.05, 0) is 25.5 Å². The first-order chi connectivity index (χ1) is 12.0. The highest BCUT2D eigenvalue weighted by Gasteiger charge is 2.43. The Morgan fingerprint density at radius 2 is 1.88 bits per heavy atom. The lowest BCUT2D eigenvalue weighted by Crippen LogP contribution is -2.62. The van der Waals surface area contributed by atoms with E-state index in [1.54, 1.807) is 9.80 Å². The van der Waals surface area contributed by atoms with Gasteiger partial charge in [-0.3, -0.25) is 9.69 Å². The van der Waals surface area contributed by atoms with Crippen LogP contribution in [0.1, 0.15) is 24.8 Å². The van der Waals surface area contributed by atoms with Gasteiger partial charge in [-0.2, -0.15) is 0 Å². The Kier molecular flexibility index (Phi) is 5.27. The highest BCUT2D eigenvalue weighted by molar-refractivity contribution is 5.76. The number of amides is 2. The number of nitrogens with zero attached hydrogens (tertiary/aromatic N) is 3. The Morgan fingerprint density at radius 3 is 2.64 bits per heavy atom. The molecule has 6 nitrogen and oxygen atoms in total. The Morgan fingerprint density at radius 1 is 1.12 bits per heavy atom. The Labute approximate surface area is 149 Å². The Bertz CT molecular complexity index is 622. The maximum absolute atomic E-state index is 12.5. The van der Waals surface area contributed by atoms with Gasteiger partial charge >= 0.3 is 6.09 Å².